The molecule has 0 aliphatic rings. The van der Waals surface area contributed by atoms with E-state index in [0.717, 1.165) is 12.8 Å². The van der Waals surface area contributed by atoms with Gasteiger partial charge in [-0.25, -0.2) is 4.79 Å². The number of ether oxygens (including phenoxy) is 1. The highest BCUT2D eigenvalue weighted by atomic mass is 19.4. The largest absolute Gasteiger partial charge is 0.490 e. The molecule has 0 fully saturated rings. The molecule has 0 radical (unpaired) electrons. The molecule has 0 aromatic carbocycles. The van der Waals surface area contributed by atoms with Crippen molar-refractivity contribution in [3.8, 4) is 0 Å². The Morgan fingerprint density at radius 3 is 2.53 bits per heavy atom. The lowest BCUT2D eigenvalue weighted by atomic mass is 10.3. The number of rotatable bonds is 6. The smallest absolute Gasteiger partial charge is 0.455 e. The molecule has 6 heteroatoms. The van der Waals surface area contributed by atoms with Crippen LogP contribution in [0.5, 0.6) is 0 Å². The van der Waals surface area contributed by atoms with Gasteiger partial charge in [0.1, 0.15) is 6.10 Å². The highest BCUT2D eigenvalue weighted by molar-refractivity contribution is 5.75. The number of hydrogen-bond donors (Lipinski definition) is 1. The molecule has 3 nitrogen and oxygen atoms in total. The van der Waals surface area contributed by atoms with Gasteiger partial charge in [-0.3, -0.25) is 0 Å². The van der Waals surface area contributed by atoms with E-state index in [1.807, 2.05) is 6.92 Å². The first kappa shape index (κ1) is 14.2. The highest BCUT2D eigenvalue weighted by Gasteiger charge is 2.41. The fourth-order valence-corrected chi connectivity index (χ4v) is 0.898. The average Bonchev–Trinajstić information content (AvgIpc) is 2.11. The van der Waals surface area contributed by atoms with Crippen LogP contribution in [0.3, 0.4) is 0 Å². The summed E-state index contributed by atoms with van der Waals surface area (Å²) in [6.07, 6.45) is -3.72. The monoisotopic (exact) mass is 227 g/mol. The van der Waals surface area contributed by atoms with Crippen LogP contribution < -0.4 is 5.32 Å². The Morgan fingerprint density at radius 2 is 2.07 bits per heavy atom. The molecule has 1 unspecified atom stereocenters. The van der Waals surface area contributed by atoms with Crippen molar-refractivity contribution in [2.24, 2.45) is 0 Å². The van der Waals surface area contributed by atoms with E-state index in [0.29, 0.717) is 6.54 Å². The van der Waals surface area contributed by atoms with Gasteiger partial charge >= 0.3 is 12.1 Å². The summed E-state index contributed by atoms with van der Waals surface area (Å²) < 4.78 is 39.4. The lowest BCUT2D eigenvalue weighted by Crippen LogP contribution is -2.34. The van der Waals surface area contributed by atoms with E-state index in [4.69, 9.17) is 0 Å². The van der Waals surface area contributed by atoms with Crippen molar-refractivity contribution in [3.05, 3.63) is 0 Å². The van der Waals surface area contributed by atoms with Crippen molar-refractivity contribution in [1.82, 2.24) is 5.32 Å². The van der Waals surface area contributed by atoms with Crippen LogP contribution in [0.4, 0.5) is 13.2 Å². The molecule has 0 spiro atoms. The highest BCUT2D eigenvalue weighted by Crippen LogP contribution is 2.17. The number of halogens is 3. The summed E-state index contributed by atoms with van der Waals surface area (Å²) in [6.45, 7) is 4.38. The minimum absolute atomic E-state index is 0.238. The van der Waals surface area contributed by atoms with Crippen LogP contribution in [0.1, 0.15) is 26.7 Å². The number of carbonyl (C=O) groups is 1. The quantitative estimate of drug-likeness (QED) is 0.556. The summed E-state index contributed by atoms with van der Waals surface area (Å²) in [6, 6.07) is 0. The van der Waals surface area contributed by atoms with Crippen LogP contribution in [-0.2, 0) is 9.53 Å². The molecule has 1 N–H and O–H groups in total. The fraction of sp³-hybridized carbons (Fsp3) is 0.889. The van der Waals surface area contributed by atoms with Crippen molar-refractivity contribution >= 4 is 5.97 Å². The van der Waals surface area contributed by atoms with Crippen molar-refractivity contribution in [2.75, 3.05) is 13.1 Å². The Morgan fingerprint density at radius 1 is 1.47 bits per heavy atom. The zero-order valence-corrected chi connectivity index (χ0v) is 8.86. The second kappa shape index (κ2) is 6.66. The van der Waals surface area contributed by atoms with E-state index in [1.165, 1.54) is 6.92 Å². The van der Waals surface area contributed by atoms with E-state index in [-0.39, 0.29) is 6.54 Å². The van der Waals surface area contributed by atoms with Crippen molar-refractivity contribution in [1.29, 1.82) is 0 Å². The van der Waals surface area contributed by atoms with E-state index >= 15 is 0 Å². The molecule has 0 saturated carbocycles. The molecule has 1 atom stereocenters. The summed E-state index contributed by atoms with van der Waals surface area (Å²) in [5.74, 6) is -2.13. The van der Waals surface area contributed by atoms with Crippen molar-refractivity contribution in [2.45, 2.75) is 39.0 Å². The number of alkyl halides is 3. The lowest BCUT2D eigenvalue weighted by Gasteiger charge is -2.14. The third kappa shape index (κ3) is 7.18. The third-order valence-electron chi connectivity index (χ3n) is 1.68. The number of nitrogens with one attached hydrogen (secondary N) is 1. The number of unbranched alkanes of at least 4 members (excludes halogenated alkanes) is 1. The van der Waals surface area contributed by atoms with Gasteiger partial charge in [0.05, 0.1) is 0 Å². The lowest BCUT2D eigenvalue weighted by molar-refractivity contribution is -0.203. The first-order chi connectivity index (χ1) is 6.88. The maximum atomic E-state index is 11.8. The molecule has 0 aliphatic heterocycles. The molecule has 0 amide bonds. The molecule has 0 rings (SSSR count). The van der Waals surface area contributed by atoms with Crippen LogP contribution >= 0.6 is 0 Å². The number of hydrogen-bond acceptors (Lipinski definition) is 3. The van der Waals surface area contributed by atoms with Crippen LogP contribution in [0.2, 0.25) is 0 Å². The molecule has 0 aromatic rings. The molecule has 0 heterocycles. The summed E-state index contributed by atoms with van der Waals surface area (Å²) >= 11 is 0. The van der Waals surface area contributed by atoms with E-state index < -0.39 is 18.2 Å². The molecular formula is C9H16F3NO2. The summed E-state index contributed by atoms with van der Waals surface area (Å²) in [5, 5.41) is 2.90. The maximum Gasteiger partial charge on any atom is 0.490 e. The van der Waals surface area contributed by atoms with Gasteiger partial charge in [0.15, 0.2) is 0 Å². The third-order valence-corrected chi connectivity index (χ3v) is 1.68. The predicted molar refractivity (Wildman–Crippen MR) is 49.4 cm³/mol. The minimum Gasteiger partial charge on any atom is -0.455 e. The Labute approximate surface area is 87.0 Å². The Balaban J connectivity index is 3.65. The van der Waals surface area contributed by atoms with Gasteiger partial charge in [0.2, 0.25) is 0 Å². The predicted octanol–water partition coefficient (Wildman–Crippen LogP) is 1.87. The standard InChI is InChI=1S/C9H16F3NO2/c1-3-4-5-13-6-7(2)15-8(14)9(10,11)12/h7,13H,3-6H2,1-2H3. The minimum atomic E-state index is -4.91. The molecule has 0 aliphatic carbocycles. The summed E-state index contributed by atoms with van der Waals surface area (Å²) in [4.78, 5) is 10.4. The van der Waals surface area contributed by atoms with Gasteiger partial charge < -0.3 is 10.1 Å². The Hall–Kier alpha value is -0.780. The molecule has 0 saturated heterocycles. The normalized spacial score (nSPS) is 13.7. The van der Waals surface area contributed by atoms with Crippen LogP contribution in [0.25, 0.3) is 0 Å². The second-order valence-electron chi connectivity index (χ2n) is 3.27. The van der Waals surface area contributed by atoms with Gasteiger partial charge in [-0.2, -0.15) is 13.2 Å². The average molecular weight is 227 g/mol. The SMILES string of the molecule is CCCCNCC(C)OC(=O)C(F)(F)F. The zero-order chi connectivity index (χ0) is 11.9. The van der Waals surface area contributed by atoms with Gasteiger partial charge in [-0.15, -0.1) is 0 Å². The first-order valence-corrected chi connectivity index (χ1v) is 4.86. The second-order valence-corrected chi connectivity index (χ2v) is 3.27. The van der Waals surface area contributed by atoms with Crippen LogP contribution in [-0.4, -0.2) is 31.3 Å². The van der Waals surface area contributed by atoms with E-state index in [2.05, 4.69) is 10.1 Å². The van der Waals surface area contributed by atoms with Gasteiger partial charge in [0, 0.05) is 6.54 Å². The molecule has 0 aromatic heterocycles. The molecule has 90 valence electrons. The first-order valence-electron chi connectivity index (χ1n) is 4.86. The topological polar surface area (TPSA) is 38.3 Å². The Kier molecular flexibility index (Phi) is 6.31. The molecule has 0 bridgehead atoms. The van der Waals surface area contributed by atoms with Crippen molar-refractivity contribution < 1.29 is 22.7 Å². The molecule has 15 heavy (non-hydrogen) atoms. The summed E-state index contributed by atoms with van der Waals surface area (Å²) in [5.41, 5.74) is 0. The van der Waals surface area contributed by atoms with Crippen LogP contribution in [0.15, 0.2) is 0 Å². The van der Waals surface area contributed by atoms with Gasteiger partial charge in [-0.1, -0.05) is 13.3 Å². The fourth-order valence-electron chi connectivity index (χ4n) is 0.898. The maximum absolute atomic E-state index is 11.8. The van der Waals surface area contributed by atoms with E-state index in [9.17, 15) is 18.0 Å². The Bertz CT molecular complexity index is 194. The molecular weight excluding hydrogens is 211 g/mol. The zero-order valence-electron chi connectivity index (χ0n) is 8.86. The van der Waals surface area contributed by atoms with E-state index in [1.54, 1.807) is 0 Å². The van der Waals surface area contributed by atoms with Crippen molar-refractivity contribution in [3.63, 3.8) is 0 Å². The number of esters is 1. The van der Waals surface area contributed by atoms with Gasteiger partial charge in [-0.05, 0) is 19.9 Å². The summed E-state index contributed by atoms with van der Waals surface area (Å²) in [7, 11) is 0. The van der Waals surface area contributed by atoms with Crippen LogP contribution in [0, 0.1) is 0 Å². The van der Waals surface area contributed by atoms with Gasteiger partial charge in [0.25, 0.3) is 0 Å². The number of carbonyl (C=O) groups excluding carboxylic acids is 1.